The molecule has 1 aromatic carbocycles. The lowest BCUT2D eigenvalue weighted by Crippen LogP contribution is -2.42. The fraction of sp³-hybridized carbons (Fsp3) is 0.308. The van der Waals surface area contributed by atoms with Gasteiger partial charge in [-0.05, 0) is 59.7 Å². The van der Waals surface area contributed by atoms with Crippen LogP contribution in [0, 0.1) is 17.2 Å². The van der Waals surface area contributed by atoms with Crippen LogP contribution in [-0.2, 0) is 24.3 Å². The van der Waals surface area contributed by atoms with E-state index in [1.165, 1.54) is 11.3 Å². The van der Waals surface area contributed by atoms with Gasteiger partial charge in [0.15, 0.2) is 0 Å². The molecule has 35 heavy (non-hydrogen) atoms. The number of pyridine rings is 1. The van der Waals surface area contributed by atoms with Crippen molar-refractivity contribution in [1.29, 1.82) is 5.26 Å². The van der Waals surface area contributed by atoms with Crippen LogP contribution in [0.3, 0.4) is 0 Å². The molecule has 2 N–H and O–H groups in total. The first kappa shape index (κ1) is 22.9. The van der Waals surface area contributed by atoms with Gasteiger partial charge in [-0.2, -0.15) is 5.26 Å². The van der Waals surface area contributed by atoms with Gasteiger partial charge in [0.25, 0.3) is 0 Å². The second kappa shape index (κ2) is 9.76. The highest BCUT2D eigenvalue weighted by Crippen LogP contribution is 2.49. The molecule has 3 amide bonds. The predicted octanol–water partition coefficient (Wildman–Crippen LogP) is 4.03. The van der Waals surface area contributed by atoms with E-state index in [9.17, 15) is 14.9 Å². The van der Waals surface area contributed by atoms with Crippen molar-refractivity contribution in [3.63, 3.8) is 0 Å². The van der Waals surface area contributed by atoms with Crippen molar-refractivity contribution in [2.75, 3.05) is 19.0 Å². The van der Waals surface area contributed by atoms with E-state index in [4.69, 9.17) is 4.74 Å². The molecular formula is C26H25N5O3S. The molecule has 1 saturated carbocycles. The zero-order valence-corrected chi connectivity index (χ0v) is 20.1. The number of carbonyl (C=O) groups is 2. The van der Waals surface area contributed by atoms with E-state index in [1.807, 2.05) is 36.4 Å². The molecule has 2 aromatic heterocycles. The molecule has 2 aliphatic rings. The Bertz CT molecular complexity index is 1300. The Hall–Kier alpha value is -3.90. The van der Waals surface area contributed by atoms with Gasteiger partial charge < -0.3 is 20.3 Å². The van der Waals surface area contributed by atoms with E-state index in [2.05, 4.69) is 21.7 Å². The van der Waals surface area contributed by atoms with E-state index in [0.717, 1.165) is 33.7 Å². The summed E-state index contributed by atoms with van der Waals surface area (Å²) in [6.45, 7) is 1.37. The smallest absolute Gasteiger partial charge is 0.318 e. The summed E-state index contributed by atoms with van der Waals surface area (Å²) in [5.41, 5.74) is 3.52. The Labute approximate surface area is 207 Å². The molecule has 0 bridgehead atoms. The van der Waals surface area contributed by atoms with E-state index in [0.29, 0.717) is 36.6 Å². The van der Waals surface area contributed by atoms with E-state index in [-0.39, 0.29) is 23.8 Å². The number of benzene rings is 1. The van der Waals surface area contributed by atoms with Crippen LogP contribution in [0.4, 0.5) is 9.80 Å². The number of fused-ring (bicyclic) bond motifs is 1. The van der Waals surface area contributed by atoms with Crippen molar-refractivity contribution in [2.45, 2.75) is 31.8 Å². The van der Waals surface area contributed by atoms with Gasteiger partial charge in [0.2, 0.25) is 5.91 Å². The van der Waals surface area contributed by atoms with Crippen LogP contribution < -0.4 is 15.4 Å². The zero-order valence-electron chi connectivity index (χ0n) is 19.3. The third-order valence-corrected chi connectivity index (χ3v) is 7.67. The van der Waals surface area contributed by atoms with Gasteiger partial charge in [0.05, 0.1) is 19.2 Å². The summed E-state index contributed by atoms with van der Waals surface area (Å²) in [7, 11) is 1.63. The second-order valence-corrected chi connectivity index (χ2v) is 9.83. The highest BCUT2D eigenvalue weighted by Gasteiger charge is 2.44. The third-order valence-electron chi connectivity index (χ3n) is 6.53. The predicted molar refractivity (Wildman–Crippen MR) is 132 cm³/mol. The van der Waals surface area contributed by atoms with Gasteiger partial charge in [-0.25, -0.2) is 4.79 Å². The molecule has 0 spiro atoms. The van der Waals surface area contributed by atoms with Gasteiger partial charge in [-0.1, -0.05) is 12.1 Å². The number of urea groups is 1. The van der Waals surface area contributed by atoms with Gasteiger partial charge in [0.1, 0.15) is 16.8 Å². The summed E-state index contributed by atoms with van der Waals surface area (Å²) in [5.74, 6) is 0.744. The maximum Gasteiger partial charge on any atom is 0.318 e. The van der Waals surface area contributed by atoms with Crippen molar-refractivity contribution in [3.8, 4) is 11.8 Å². The van der Waals surface area contributed by atoms with Crippen LogP contribution in [-0.4, -0.2) is 35.5 Å². The fourth-order valence-corrected chi connectivity index (χ4v) is 5.72. The number of nitrogens with one attached hydrogen (secondary N) is 2. The van der Waals surface area contributed by atoms with Crippen molar-refractivity contribution in [2.24, 2.45) is 5.92 Å². The highest BCUT2D eigenvalue weighted by molar-refractivity contribution is 7.16. The van der Waals surface area contributed by atoms with Crippen LogP contribution in [0.2, 0.25) is 0 Å². The standard InChI is InChI=1S/C26H25N5O3S/c1-34-18-4-2-3-17(11-18)20-12-21(20)24(32)30-25-22(13-27)19-7-10-31(15-23(19)35-25)26(33)29-14-16-5-8-28-9-6-16/h2-6,8-9,11,20-21H,7,10,12,14-15H2,1H3,(H,29,33)(H,30,32). The molecule has 8 nitrogen and oxygen atoms in total. The molecule has 2 atom stereocenters. The molecule has 178 valence electrons. The van der Waals surface area contributed by atoms with E-state index < -0.39 is 0 Å². The lowest BCUT2D eigenvalue weighted by atomic mass is 10.0. The molecule has 3 heterocycles. The molecule has 0 radical (unpaired) electrons. The Kier molecular flexibility index (Phi) is 6.38. The minimum atomic E-state index is -0.149. The molecule has 3 aromatic rings. The lowest BCUT2D eigenvalue weighted by Gasteiger charge is -2.27. The number of amides is 3. The number of nitriles is 1. The number of carbonyl (C=O) groups excluding carboxylic acids is 2. The summed E-state index contributed by atoms with van der Waals surface area (Å²) in [5, 5.41) is 16.3. The average molecular weight is 488 g/mol. The molecular weight excluding hydrogens is 462 g/mol. The Morgan fingerprint density at radius 3 is 2.89 bits per heavy atom. The Morgan fingerprint density at radius 1 is 1.29 bits per heavy atom. The minimum Gasteiger partial charge on any atom is -0.497 e. The maximum absolute atomic E-state index is 13.0. The molecule has 1 aliphatic heterocycles. The van der Waals surface area contributed by atoms with Crippen LogP contribution in [0.5, 0.6) is 5.75 Å². The van der Waals surface area contributed by atoms with Gasteiger partial charge >= 0.3 is 6.03 Å². The average Bonchev–Trinajstić information content (AvgIpc) is 3.63. The van der Waals surface area contributed by atoms with Gasteiger partial charge in [-0.3, -0.25) is 9.78 Å². The van der Waals surface area contributed by atoms with Crippen molar-refractivity contribution < 1.29 is 14.3 Å². The van der Waals surface area contributed by atoms with Crippen LogP contribution >= 0.6 is 11.3 Å². The van der Waals surface area contributed by atoms with Crippen LogP contribution in [0.1, 0.15) is 39.5 Å². The highest BCUT2D eigenvalue weighted by atomic mass is 32.1. The first-order valence-electron chi connectivity index (χ1n) is 11.5. The van der Waals surface area contributed by atoms with E-state index >= 15 is 0 Å². The van der Waals surface area contributed by atoms with Crippen molar-refractivity contribution >= 4 is 28.3 Å². The van der Waals surface area contributed by atoms with Crippen LogP contribution in [0.15, 0.2) is 48.8 Å². The molecule has 1 aliphatic carbocycles. The number of hydrogen-bond acceptors (Lipinski definition) is 6. The van der Waals surface area contributed by atoms with Crippen LogP contribution in [0.25, 0.3) is 0 Å². The summed E-state index contributed by atoms with van der Waals surface area (Å²) >= 11 is 1.39. The maximum atomic E-state index is 13.0. The normalized spacial score (nSPS) is 18.2. The summed E-state index contributed by atoms with van der Waals surface area (Å²) in [6, 6.07) is 13.6. The molecule has 2 unspecified atom stereocenters. The first-order valence-corrected chi connectivity index (χ1v) is 12.3. The molecule has 5 rings (SSSR count). The number of thiophene rings is 1. The SMILES string of the molecule is COc1cccc(C2CC2C(=O)Nc2sc3c(c2C#N)CCN(C(=O)NCc2ccncc2)C3)c1. The zero-order chi connectivity index (χ0) is 24.4. The number of hydrogen-bond donors (Lipinski definition) is 2. The molecule has 0 saturated heterocycles. The molecule has 9 heteroatoms. The van der Waals surface area contributed by atoms with Crippen molar-refractivity contribution in [3.05, 3.63) is 75.9 Å². The fourth-order valence-electron chi connectivity index (χ4n) is 4.50. The topological polar surface area (TPSA) is 107 Å². The number of nitrogens with zero attached hydrogens (tertiary/aromatic N) is 3. The van der Waals surface area contributed by atoms with E-state index in [1.54, 1.807) is 24.4 Å². The number of rotatable bonds is 6. The number of ether oxygens (including phenoxy) is 1. The summed E-state index contributed by atoms with van der Waals surface area (Å²) < 4.78 is 5.29. The summed E-state index contributed by atoms with van der Waals surface area (Å²) in [4.78, 5) is 32.3. The molecule has 1 fully saturated rings. The minimum absolute atomic E-state index is 0.0696. The monoisotopic (exact) mass is 487 g/mol. The first-order chi connectivity index (χ1) is 17.1. The number of methoxy groups -OCH3 is 1. The largest absolute Gasteiger partial charge is 0.497 e. The summed E-state index contributed by atoms with van der Waals surface area (Å²) in [6.07, 6.45) is 4.75. The number of aromatic nitrogens is 1. The second-order valence-electron chi connectivity index (χ2n) is 8.72. The Balaban J connectivity index is 1.23. The lowest BCUT2D eigenvalue weighted by molar-refractivity contribution is -0.117. The van der Waals surface area contributed by atoms with Gasteiger partial charge in [-0.15, -0.1) is 11.3 Å². The number of anilines is 1. The van der Waals surface area contributed by atoms with Gasteiger partial charge in [0, 0.05) is 36.3 Å². The third kappa shape index (κ3) is 4.84. The van der Waals surface area contributed by atoms with Crippen molar-refractivity contribution in [1.82, 2.24) is 15.2 Å². The Morgan fingerprint density at radius 2 is 2.11 bits per heavy atom. The quantitative estimate of drug-likeness (QED) is 0.546.